The third kappa shape index (κ3) is 2.45. The molecule has 1 fully saturated rings. The molecule has 1 unspecified atom stereocenters. The highest BCUT2D eigenvalue weighted by Gasteiger charge is 2.36. The molecule has 80 valence electrons. The standard InChI is InChI=1S/C8H12BrNO4/c9-5-3-7(12)10(4-5)6(1-2-11)8(13)14/h5-6,11H,1-4H2,(H,13,14)/t5?,6-/m0/s1. The molecule has 2 atom stereocenters. The number of aliphatic carboxylic acids is 1. The van der Waals surface area contributed by atoms with Crippen molar-refractivity contribution in [3.05, 3.63) is 0 Å². The second-order valence-corrected chi connectivity index (χ2v) is 4.51. The fraction of sp³-hybridized carbons (Fsp3) is 0.750. The summed E-state index contributed by atoms with van der Waals surface area (Å²) in [6, 6.07) is -0.893. The molecule has 0 aromatic carbocycles. The highest BCUT2D eigenvalue weighted by atomic mass is 79.9. The van der Waals surface area contributed by atoms with Gasteiger partial charge in [0.05, 0.1) is 0 Å². The van der Waals surface area contributed by atoms with Gasteiger partial charge in [-0.15, -0.1) is 0 Å². The van der Waals surface area contributed by atoms with Crippen LogP contribution < -0.4 is 0 Å². The molecular weight excluding hydrogens is 254 g/mol. The van der Waals surface area contributed by atoms with Crippen LogP contribution in [0.25, 0.3) is 0 Å². The van der Waals surface area contributed by atoms with E-state index in [4.69, 9.17) is 10.2 Å². The first-order chi connectivity index (χ1) is 6.56. The average Bonchev–Trinajstić information content (AvgIpc) is 2.40. The van der Waals surface area contributed by atoms with Gasteiger partial charge < -0.3 is 15.1 Å². The number of rotatable bonds is 4. The summed E-state index contributed by atoms with van der Waals surface area (Å²) in [5.41, 5.74) is 0. The Morgan fingerprint density at radius 1 is 1.71 bits per heavy atom. The molecule has 5 nitrogen and oxygen atoms in total. The number of halogens is 1. The number of carboxylic acids is 1. The summed E-state index contributed by atoms with van der Waals surface area (Å²) >= 11 is 3.27. The van der Waals surface area contributed by atoms with Crippen molar-refractivity contribution in [2.45, 2.75) is 23.7 Å². The second-order valence-electron chi connectivity index (χ2n) is 3.21. The van der Waals surface area contributed by atoms with Crippen LogP contribution in [0.2, 0.25) is 0 Å². The summed E-state index contributed by atoms with van der Waals surface area (Å²) in [6.45, 7) is 0.170. The highest BCUT2D eigenvalue weighted by molar-refractivity contribution is 9.09. The summed E-state index contributed by atoms with van der Waals surface area (Å²) in [7, 11) is 0. The van der Waals surface area contributed by atoms with E-state index in [1.54, 1.807) is 0 Å². The van der Waals surface area contributed by atoms with Crippen LogP contribution in [-0.4, -0.2) is 51.0 Å². The Morgan fingerprint density at radius 3 is 2.71 bits per heavy atom. The van der Waals surface area contributed by atoms with Crippen molar-refractivity contribution in [3.8, 4) is 0 Å². The molecule has 1 heterocycles. The van der Waals surface area contributed by atoms with Gasteiger partial charge in [0.15, 0.2) is 0 Å². The van der Waals surface area contributed by atoms with E-state index in [9.17, 15) is 9.59 Å². The Hall–Kier alpha value is -0.620. The summed E-state index contributed by atoms with van der Waals surface area (Å²) in [5.74, 6) is -1.23. The minimum absolute atomic E-state index is 0.0237. The zero-order valence-corrected chi connectivity index (χ0v) is 9.11. The SMILES string of the molecule is O=C(O)[C@H](CCO)N1CC(Br)CC1=O. The van der Waals surface area contributed by atoms with Crippen molar-refractivity contribution >= 4 is 27.8 Å². The molecule has 1 aliphatic heterocycles. The van der Waals surface area contributed by atoms with Gasteiger partial charge in [-0.1, -0.05) is 15.9 Å². The molecule has 2 N–H and O–H groups in total. The Bertz CT molecular complexity index is 245. The van der Waals surface area contributed by atoms with Crippen LogP contribution in [0.5, 0.6) is 0 Å². The van der Waals surface area contributed by atoms with Crippen molar-refractivity contribution < 1.29 is 19.8 Å². The summed E-state index contributed by atoms with van der Waals surface area (Å²) < 4.78 is 0. The van der Waals surface area contributed by atoms with Crippen molar-refractivity contribution in [1.82, 2.24) is 4.90 Å². The van der Waals surface area contributed by atoms with E-state index in [0.717, 1.165) is 0 Å². The molecule has 6 heteroatoms. The number of aliphatic hydroxyl groups is 1. The van der Waals surface area contributed by atoms with Crippen molar-refractivity contribution in [2.75, 3.05) is 13.2 Å². The third-order valence-corrected chi connectivity index (χ3v) is 2.79. The minimum atomic E-state index is -1.06. The number of carbonyl (C=O) groups excluding carboxylic acids is 1. The smallest absolute Gasteiger partial charge is 0.326 e. The number of nitrogens with zero attached hydrogens (tertiary/aromatic N) is 1. The molecule has 0 bridgehead atoms. The molecule has 1 rings (SSSR count). The Balaban J connectivity index is 2.68. The third-order valence-electron chi connectivity index (χ3n) is 2.18. The number of alkyl halides is 1. The Kier molecular flexibility index (Phi) is 3.88. The number of carbonyl (C=O) groups is 2. The summed E-state index contributed by atoms with van der Waals surface area (Å²) in [6.07, 6.45) is 0.413. The quantitative estimate of drug-likeness (QED) is 0.692. The van der Waals surface area contributed by atoms with Crippen molar-refractivity contribution in [3.63, 3.8) is 0 Å². The predicted octanol–water partition coefficient (Wildman–Crippen LogP) is -0.182. The average molecular weight is 266 g/mol. The topological polar surface area (TPSA) is 77.8 Å². The van der Waals surface area contributed by atoms with Crippen LogP contribution in [-0.2, 0) is 9.59 Å². The van der Waals surface area contributed by atoms with Gasteiger partial charge in [-0.25, -0.2) is 4.79 Å². The lowest BCUT2D eigenvalue weighted by atomic mass is 10.2. The van der Waals surface area contributed by atoms with E-state index in [-0.39, 0.29) is 23.8 Å². The lowest BCUT2D eigenvalue weighted by molar-refractivity contribution is -0.148. The molecule has 1 amide bonds. The van der Waals surface area contributed by atoms with Crippen molar-refractivity contribution in [2.24, 2.45) is 0 Å². The van der Waals surface area contributed by atoms with Crippen molar-refractivity contribution in [1.29, 1.82) is 0 Å². The molecule has 0 saturated carbocycles. The minimum Gasteiger partial charge on any atom is -0.480 e. The van der Waals surface area contributed by atoms with E-state index < -0.39 is 12.0 Å². The fourth-order valence-electron chi connectivity index (χ4n) is 1.52. The van der Waals surface area contributed by atoms with Gasteiger partial charge in [0.25, 0.3) is 0 Å². The van der Waals surface area contributed by atoms with Crippen LogP contribution in [0, 0.1) is 0 Å². The molecule has 0 radical (unpaired) electrons. The zero-order valence-electron chi connectivity index (χ0n) is 7.52. The normalized spacial score (nSPS) is 24.0. The van der Waals surface area contributed by atoms with Crippen LogP contribution >= 0.6 is 15.9 Å². The largest absolute Gasteiger partial charge is 0.480 e. The first-order valence-electron chi connectivity index (χ1n) is 4.33. The molecule has 0 spiro atoms. The first-order valence-corrected chi connectivity index (χ1v) is 5.25. The molecule has 0 aromatic rings. The van der Waals surface area contributed by atoms with Gasteiger partial charge >= 0.3 is 5.97 Å². The van der Waals surface area contributed by atoms with E-state index in [2.05, 4.69) is 15.9 Å². The Morgan fingerprint density at radius 2 is 2.36 bits per heavy atom. The highest BCUT2D eigenvalue weighted by Crippen LogP contribution is 2.21. The van der Waals surface area contributed by atoms with Gasteiger partial charge in [-0.3, -0.25) is 4.79 Å². The van der Waals surface area contributed by atoms with Crippen LogP contribution in [0.3, 0.4) is 0 Å². The number of aliphatic hydroxyl groups excluding tert-OH is 1. The van der Waals surface area contributed by atoms with E-state index in [0.29, 0.717) is 13.0 Å². The maximum absolute atomic E-state index is 11.4. The Labute approximate surface area is 89.8 Å². The molecule has 1 saturated heterocycles. The van der Waals surface area contributed by atoms with Crippen LogP contribution in [0.15, 0.2) is 0 Å². The monoisotopic (exact) mass is 265 g/mol. The van der Waals surface area contributed by atoms with E-state index in [1.165, 1.54) is 4.90 Å². The molecule has 0 aromatic heterocycles. The number of likely N-dealkylation sites (tertiary alicyclic amines) is 1. The van der Waals surface area contributed by atoms with Crippen LogP contribution in [0.1, 0.15) is 12.8 Å². The van der Waals surface area contributed by atoms with Crippen LogP contribution in [0.4, 0.5) is 0 Å². The second kappa shape index (κ2) is 4.75. The van der Waals surface area contributed by atoms with E-state index >= 15 is 0 Å². The van der Waals surface area contributed by atoms with Gasteiger partial charge in [0, 0.05) is 30.8 Å². The fourth-order valence-corrected chi connectivity index (χ4v) is 2.11. The van der Waals surface area contributed by atoms with Gasteiger partial charge in [0.2, 0.25) is 5.91 Å². The van der Waals surface area contributed by atoms with E-state index in [1.807, 2.05) is 0 Å². The molecule has 14 heavy (non-hydrogen) atoms. The number of amides is 1. The predicted molar refractivity (Wildman–Crippen MR) is 52.2 cm³/mol. The summed E-state index contributed by atoms with van der Waals surface area (Å²) in [5, 5.41) is 17.5. The first kappa shape index (κ1) is 11.5. The maximum Gasteiger partial charge on any atom is 0.326 e. The molecule has 0 aliphatic carbocycles. The summed E-state index contributed by atoms with van der Waals surface area (Å²) in [4.78, 5) is 23.5. The molecular formula is C8H12BrNO4. The maximum atomic E-state index is 11.4. The van der Waals surface area contributed by atoms with Gasteiger partial charge in [-0.2, -0.15) is 0 Å². The van der Waals surface area contributed by atoms with Gasteiger partial charge in [-0.05, 0) is 0 Å². The number of hydrogen-bond acceptors (Lipinski definition) is 3. The lowest BCUT2D eigenvalue weighted by Gasteiger charge is -2.23. The number of hydrogen-bond donors (Lipinski definition) is 2. The lowest BCUT2D eigenvalue weighted by Crippen LogP contribution is -2.42. The number of carboxylic acid groups (broad SMARTS) is 1. The van der Waals surface area contributed by atoms with Gasteiger partial charge in [0.1, 0.15) is 6.04 Å². The molecule has 1 aliphatic rings. The zero-order chi connectivity index (χ0) is 10.7.